The number of alkyl halides is 1. The molecule has 0 aromatic heterocycles. The van der Waals surface area contributed by atoms with E-state index in [0.29, 0.717) is 13.2 Å². The van der Waals surface area contributed by atoms with Gasteiger partial charge in [0.05, 0.1) is 12.0 Å². The van der Waals surface area contributed by atoms with Crippen molar-refractivity contribution in [3.8, 4) is 0 Å². The van der Waals surface area contributed by atoms with E-state index in [1.165, 1.54) is 0 Å². The van der Waals surface area contributed by atoms with E-state index >= 15 is 0 Å². The lowest BCUT2D eigenvalue weighted by molar-refractivity contribution is -0.127. The first-order valence-electron chi connectivity index (χ1n) is 6.38. The van der Waals surface area contributed by atoms with Crippen molar-refractivity contribution in [3.63, 3.8) is 0 Å². The van der Waals surface area contributed by atoms with Crippen LogP contribution in [0, 0.1) is 11.3 Å². The number of rotatable bonds is 6. The predicted molar refractivity (Wildman–Crippen MR) is 70.3 cm³/mol. The highest BCUT2D eigenvalue weighted by Gasteiger charge is 2.38. The lowest BCUT2D eigenvalue weighted by Gasteiger charge is -2.26. The molecular weight excluding hydrogens is 238 g/mol. The highest BCUT2D eigenvalue weighted by atomic mass is 35.5. The van der Waals surface area contributed by atoms with Crippen molar-refractivity contribution < 1.29 is 9.53 Å². The molecule has 2 atom stereocenters. The van der Waals surface area contributed by atoms with E-state index in [-0.39, 0.29) is 22.6 Å². The zero-order valence-corrected chi connectivity index (χ0v) is 11.8. The molecule has 2 unspecified atom stereocenters. The molecule has 0 radical (unpaired) electrons. The van der Waals surface area contributed by atoms with Gasteiger partial charge in [0.15, 0.2) is 0 Å². The second-order valence-corrected chi connectivity index (χ2v) is 6.18. The first-order chi connectivity index (χ1) is 7.97. The molecule has 1 aliphatic rings. The van der Waals surface area contributed by atoms with Crippen LogP contribution in [0.5, 0.6) is 0 Å². The zero-order chi connectivity index (χ0) is 12.9. The van der Waals surface area contributed by atoms with Gasteiger partial charge in [0, 0.05) is 19.6 Å². The predicted octanol–water partition coefficient (Wildman–Crippen LogP) is 2.57. The average molecular weight is 262 g/mol. The Balaban J connectivity index is 2.26. The van der Waals surface area contributed by atoms with E-state index in [0.717, 1.165) is 25.7 Å². The quantitative estimate of drug-likeness (QED) is 0.747. The van der Waals surface area contributed by atoms with Crippen LogP contribution in [-0.4, -0.2) is 31.5 Å². The molecule has 1 N–H and O–H groups in total. The monoisotopic (exact) mass is 261 g/mol. The van der Waals surface area contributed by atoms with Gasteiger partial charge in [-0.1, -0.05) is 20.3 Å². The molecule has 17 heavy (non-hydrogen) atoms. The van der Waals surface area contributed by atoms with Crippen LogP contribution >= 0.6 is 11.6 Å². The Morgan fingerprint density at radius 2 is 2.29 bits per heavy atom. The molecule has 0 heterocycles. The van der Waals surface area contributed by atoms with Crippen molar-refractivity contribution in [3.05, 3.63) is 0 Å². The SMILES string of the molecule is COCC(Cl)CCNC(=O)C1CCCC1(C)C. The van der Waals surface area contributed by atoms with Crippen molar-refractivity contribution >= 4 is 17.5 Å². The van der Waals surface area contributed by atoms with Gasteiger partial charge in [-0.3, -0.25) is 4.79 Å². The van der Waals surface area contributed by atoms with Crippen molar-refractivity contribution in [2.45, 2.75) is 44.9 Å². The third-order valence-corrected chi connectivity index (χ3v) is 4.02. The van der Waals surface area contributed by atoms with Crippen LogP contribution in [0.1, 0.15) is 39.5 Å². The molecule has 0 aromatic carbocycles. The van der Waals surface area contributed by atoms with Gasteiger partial charge in [0.1, 0.15) is 0 Å². The van der Waals surface area contributed by atoms with Crippen LogP contribution in [0.3, 0.4) is 0 Å². The smallest absolute Gasteiger partial charge is 0.223 e. The number of carbonyl (C=O) groups is 1. The molecule has 0 saturated heterocycles. The molecule has 0 spiro atoms. The summed E-state index contributed by atoms with van der Waals surface area (Å²) in [7, 11) is 1.63. The Morgan fingerprint density at radius 3 is 2.82 bits per heavy atom. The third kappa shape index (κ3) is 4.47. The Hall–Kier alpha value is -0.280. The van der Waals surface area contributed by atoms with Crippen molar-refractivity contribution in [1.82, 2.24) is 5.32 Å². The summed E-state index contributed by atoms with van der Waals surface area (Å²) in [6.45, 7) is 5.54. The number of hydrogen-bond donors (Lipinski definition) is 1. The lowest BCUT2D eigenvalue weighted by atomic mass is 9.81. The lowest BCUT2D eigenvalue weighted by Crippen LogP contribution is -2.37. The van der Waals surface area contributed by atoms with Crippen LogP contribution in [-0.2, 0) is 9.53 Å². The number of carbonyl (C=O) groups excluding carboxylic acids is 1. The van der Waals surface area contributed by atoms with Gasteiger partial charge in [-0.2, -0.15) is 0 Å². The van der Waals surface area contributed by atoms with Crippen LogP contribution in [0.25, 0.3) is 0 Å². The first kappa shape index (κ1) is 14.8. The van der Waals surface area contributed by atoms with E-state index < -0.39 is 0 Å². The fourth-order valence-electron chi connectivity index (χ4n) is 2.55. The van der Waals surface area contributed by atoms with Gasteiger partial charge in [-0.15, -0.1) is 11.6 Å². The van der Waals surface area contributed by atoms with Gasteiger partial charge in [-0.05, 0) is 24.7 Å². The van der Waals surface area contributed by atoms with Crippen LogP contribution in [0.4, 0.5) is 0 Å². The number of amides is 1. The van der Waals surface area contributed by atoms with Crippen molar-refractivity contribution in [1.29, 1.82) is 0 Å². The molecule has 1 aliphatic carbocycles. The molecule has 4 heteroatoms. The summed E-state index contributed by atoms with van der Waals surface area (Å²) in [6.07, 6.45) is 4.08. The highest BCUT2D eigenvalue weighted by Crippen LogP contribution is 2.42. The molecule has 100 valence electrons. The Bertz CT molecular complexity index is 256. The van der Waals surface area contributed by atoms with E-state index in [9.17, 15) is 4.79 Å². The number of ether oxygens (including phenoxy) is 1. The molecular formula is C13H24ClNO2. The third-order valence-electron chi connectivity index (χ3n) is 3.68. The Labute approximate surface area is 109 Å². The minimum Gasteiger partial charge on any atom is -0.383 e. The molecule has 0 bridgehead atoms. The summed E-state index contributed by atoms with van der Waals surface area (Å²) in [4.78, 5) is 12.0. The summed E-state index contributed by atoms with van der Waals surface area (Å²) < 4.78 is 4.95. The number of nitrogens with one attached hydrogen (secondary N) is 1. The minimum atomic E-state index is -0.0168. The first-order valence-corrected chi connectivity index (χ1v) is 6.81. The highest BCUT2D eigenvalue weighted by molar-refractivity contribution is 6.20. The maximum atomic E-state index is 12.0. The van der Waals surface area contributed by atoms with Crippen LogP contribution < -0.4 is 5.32 Å². The molecule has 1 saturated carbocycles. The summed E-state index contributed by atoms with van der Waals surface area (Å²) in [5.41, 5.74) is 0.150. The van der Waals surface area contributed by atoms with Gasteiger partial charge >= 0.3 is 0 Å². The largest absolute Gasteiger partial charge is 0.383 e. The number of halogens is 1. The number of hydrogen-bond acceptors (Lipinski definition) is 2. The zero-order valence-electron chi connectivity index (χ0n) is 11.1. The van der Waals surface area contributed by atoms with Gasteiger partial charge in [0.2, 0.25) is 5.91 Å². The van der Waals surface area contributed by atoms with Crippen molar-refractivity contribution in [2.75, 3.05) is 20.3 Å². The second-order valence-electron chi connectivity index (χ2n) is 5.57. The molecule has 1 fully saturated rings. The molecule has 0 aromatic rings. The maximum absolute atomic E-state index is 12.0. The van der Waals surface area contributed by atoms with Crippen LogP contribution in [0.15, 0.2) is 0 Å². The summed E-state index contributed by atoms with van der Waals surface area (Å²) in [5.74, 6) is 0.354. The topological polar surface area (TPSA) is 38.3 Å². The Kier molecular flexibility index (Phi) is 5.74. The summed E-state index contributed by atoms with van der Waals surface area (Å²) >= 11 is 6.00. The fraction of sp³-hybridized carbons (Fsp3) is 0.923. The molecule has 3 nitrogen and oxygen atoms in total. The summed E-state index contributed by atoms with van der Waals surface area (Å²) in [5, 5.41) is 2.97. The van der Waals surface area contributed by atoms with E-state index in [1.807, 2.05) is 0 Å². The molecule has 0 aliphatic heterocycles. The van der Waals surface area contributed by atoms with Gasteiger partial charge in [0.25, 0.3) is 0 Å². The van der Waals surface area contributed by atoms with E-state index in [4.69, 9.17) is 16.3 Å². The maximum Gasteiger partial charge on any atom is 0.223 e. The number of methoxy groups -OCH3 is 1. The standard InChI is InChI=1S/C13H24ClNO2/c1-13(2)7-4-5-11(13)12(16)15-8-6-10(14)9-17-3/h10-11H,4-9H2,1-3H3,(H,15,16). The van der Waals surface area contributed by atoms with Gasteiger partial charge < -0.3 is 10.1 Å². The average Bonchev–Trinajstić information content (AvgIpc) is 2.58. The molecule has 1 rings (SSSR count). The second kappa shape index (κ2) is 6.60. The molecule has 1 amide bonds. The van der Waals surface area contributed by atoms with E-state index in [1.54, 1.807) is 7.11 Å². The van der Waals surface area contributed by atoms with E-state index in [2.05, 4.69) is 19.2 Å². The Morgan fingerprint density at radius 1 is 1.59 bits per heavy atom. The van der Waals surface area contributed by atoms with Crippen molar-refractivity contribution in [2.24, 2.45) is 11.3 Å². The van der Waals surface area contributed by atoms with Gasteiger partial charge in [-0.25, -0.2) is 0 Å². The van der Waals surface area contributed by atoms with Crippen LogP contribution in [0.2, 0.25) is 0 Å². The minimum absolute atomic E-state index is 0.0168. The normalized spacial score (nSPS) is 24.6. The summed E-state index contributed by atoms with van der Waals surface area (Å²) in [6, 6.07) is 0. The fourth-order valence-corrected chi connectivity index (χ4v) is 2.79.